The topological polar surface area (TPSA) is 112 Å². The van der Waals surface area contributed by atoms with Crippen LogP contribution in [-0.2, 0) is 4.84 Å². The molecule has 0 aliphatic carbocycles. The lowest BCUT2D eigenvalue weighted by Crippen LogP contribution is -2.08. The van der Waals surface area contributed by atoms with E-state index in [0.29, 0.717) is 0 Å². The van der Waals surface area contributed by atoms with Crippen LogP contribution in [0.3, 0.4) is 0 Å². The normalized spacial score (nSPS) is 9.55. The van der Waals surface area contributed by atoms with Gasteiger partial charge in [0.2, 0.25) is 11.9 Å². The van der Waals surface area contributed by atoms with Gasteiger partial charge in [0, 0.05) is 0 Å². The van der Waals surface area contributed by atoms with Crippen molar-refractivity contribution >= 4 is 17.8 Å². The van der Waals surface area contributed by atoms with Crippen molar-refractivity contribution in [3.05, 3.63) is 0 Å². The lowest BCUT2D eigenvalue weighted by Gasteiger charge is -2.00. The van der Waals surface area contributed by atoms with Gasteiger partial charge in [-0.2, -0.15) is 15.0 Å². The highest BCUT2D eigenvalue weighted by molar-refractivity contribution is 5.35. The Labute approximate surface area is 62.8 Å². The second-order valence-corrected chi connectivity index (χ2v) is 1.68. The highest BCUT2D eigenvalue weighted by Crippen LogP contribution is 2.01. The number of hydrogen-bond acceptors (Lipinski definition) is 7. The molecular weight excluding hydrogens is 148 g/mol. The zero-order valence-electron chi connectivity index (χ0n) is 5.90. The molecule has 0 aromatic carbocycles. The van der Waals surface area contributed by atoms with E-state index in [0.717, 1.165) is 0 Å². The fourth-order valence-electron chi connectivity index (χ4n) is 0.546. The minimum Gasteiger partial charge on any atom is -0.368 e. The molecule has 7 heteroatoms. The Morgan fingerprint density at radius 3 is 2.18 bits per heavy atom. The summed E-state index contributed by atoms with van der Waals surface area (Å²) in [5.41, 5.74) is 12.9. The number of nitrogens with one attached hydrogen (secondary N) is 1. The maximum atomic E-state index is 5.25. The van der Waals surface area contributed by atoms with E-state index < -0.39 is 0 Å². The summed E-state index contributed by atoms with van der Waals surface area (Å²) in [6, 6.07) is 0. The van der Waals surface area contributed by atoms with Gasteiger partial charge in [-0.1, -0.05) is 0 Å². The van der Waals surface area contributed by atoms with Crippen LogP contribution < -0.4 is 16.9 Å². The molecule has 0 unspecified atom stereocenters. The van der Waals surface area contributed by atoms with Crippen LogP contribution in [0.2, 0.25) is 0 Å². The maximum absolute atomic E-state index is 5.25. The van der Waals surface area contributed by atoms with Crippen molar-refractivity contribution in [2.24, 2.45) is 0 Å². The molecule has 1 rings (SSSR count). The van der Waals surface area contributed by atoms with E-state index in [1.165, 1.54) is 7.11 Å². The summed E-state index contributed by atoms with van der Waals surface area (Å²) in [6.07, 6.45) is 0. The summed E-state index contributed by atoms with van der Waals surface area (Å²) in [5, 5.41) is 0. The summed E-state index contributed by atoms with van der Waals surface area (Å²) in [6.45, 7) is 0. The summed E-state index contributed by atoms with van der Waals surface area (Å²) in [5.74, 6) is 0.298. The van der Waals surface area contributed by atoms with E-state index in [9.17, 15) is 0 Å². The fourth-order valence-corrected chi connectivity index (χ4v) is 0.546. The number of nitrogens with two attached hydrogens (primary N) is 2. The van der Waals surface area contributed by atoms with E-state index in [1.807, 2.05) is 0 Å². The average Bonchev–Trinajstić information content (AvgIpc) is 1.85. The van der Waals surface area contributed by atoms with Gasteiger partial charge in [-0.25, -0.2) is 5.48 Å². The van der Waals surface area contributed by atoms with Gasteiger partial charge < -0.3 is 11.5 Å². The number of anilines is 3. The smallest absolute Gasteiger partial charge is 0.253 e. The van der Waals surface area contributed by atoms with Gasteiger partial charge in [0.15, 0.2) is 0 Å². The molecular formula is C4H8N6O. The third-order valence-electron chi connectivity index (χ3n) is 0.863. The molecule has 5 N–H and O–H groups in total. The molecule has 0 aliphatic heterocycles. The van der Waals surface area contributed by atoms with E-state index in [-0.39, 0.29) is 17.8 Å². The van der Waals surface area contributed by atoms with E-state index in [4.69, 9.17) is 11.5 Å². The number of aromatic nitrogens is 3. The summed E-state index contributed by atoms with van der Waals surface area (Å²) < 4.78 is 0. The molecule has 0 saturated carbocycles. The van der Waals surface area contributed by atoms with Crippen LogP contribution in [0.15, 0.2) is 0 Å². The van der Waals surface area contributed by atoms with Crippen LogP contribution in [-0.4, -0.2) is 22.1 Å². The Bertz CT molecular complexity index is 230. The molecule has 1 aromatic heterocycles. The molecule has 60 valence electrons. The van der Waals surface area contributed by atoms with Crippen molar-refractivity contribution < 1.29 is 4.84 Å². The van der Waals surface area contributed by atoms with Crippen molar-refractivity contribution in [2.75, 3.05) is 24.1 Å². The summed E-state index contributed by atoms with van der Waals surface area (Å²) >= 11 is 0. The molecule has 11 heavy (non-hydrogen) atoms. The monoisotopic (exact) mass is 156 g/mol. The molecule has 0 atom stereocenters. The first kappa shape index (κ1) is 7.48. The van der Waals surface area contributed by atoms with E-state index >= 15 is 0 Å². The third-order valence-corrected chi connectivity index (χ3v) is 0.863. The van der Waals surface area contributed by atoms with Crippen LogP contribution in [0, 0.1) is 0 Å². The van der Waals surface area contributed by atoms with Gasteiger partial charge >= 0.3 is 0 Å². The van der Waals surface area contributed by atoms with Crippen molar-refractivity contribution in [3.8, 4) is 0 Å². The Kier molecular flexibility index (Phi) is 2.02. The molecule has 0 saturated heterocycles. The van der Waals surface area contributed by atoms with Crippen molar-refractivity contribution in [1.82, 2.24) is 15.0 Å². The van der Waals surface area contributed by atoms with Crippen LogP contribution in [0.4, 0.5) is 17.8 Å². The minimum atomic E-state index is 0.0528. The second-order valence-electron chi connectivity index (χ2n) is 1.68. The van der Waals surface area contributed by atoms with Crippen LogP contribution in [0.25, 0.3) is 0 Å². The van der Waals surface area contributed by atoms with Gasteiger partial charge in [-0.05, 0) is 0 Å². The predicted octanol–water partition coefficient (Wildman–Crippen LogP) is -0.991. The van der Waals surface area contributed by atoms with Gasteiger partial charge in [0.05, 0.1) is 7.11 Å². The first-order valence-corrected chi connectivity index (χ1v) is 2.78. The lowest BCUT2D eigenvalue weighted by atomic mass is 10.8. The number of rotatable bonds is 2. The molecule has 0 spiro atoms. The Morgan fingerprint density at radius 2 is 1.73 bits per heavy atom. The number of hydrogen-bond donors (Lipinski definition) is 3. The van der Waals surface area contributed by atoms with Gasteiger partial charge in [-0.15, -0.1) is 0 Å². The molecule has 0 fully saturated rings. The van der Waals surface area contributed by atoms with E-state index in [1.54, 1.807) is 0 Å². The summed E-state index contributed by atoms with van der Waals surface area (Å²) in [4.78, 5) is 15.4. The minimum absolute atomic E-state index is 0.0528. The van der Waals surface area contributed by atoms with Gasteiger partial charge in [0.1, 0.15) is 0 Å². The fraction of sp³-hybridized carbons (Fsp3) is 0.250. The van der Waals surface area contributed by atoms with Crippen LogP contribution in [0.1, 0.15) is 0 Å². The Hall–Kier alpha value is -1.63. The largest absolute Gasteiger partial charge is 0.368 e. The van der Waals surface area contributed by atoms with Crippen LogP contribution >= 0.6 is 0 Å². The van der Waals surface area contributed by atoms with Crippen molar-refractivity contribution in [3.63, 3.8) is 0 Å². The average molecular weight is 156 g/mol. The molecule has 7 nitrogen and oxygen atoms in total. The highest BCUT2D eigenvalue weighted by atomic mass is 16.6. The summed E-state index contributed by atoms with van der Waals surface area (Å²) in [7, 11) is 1.43. The van der Waals surface area contributed by atoms with Gasteiger partial charge in [-0.3, -0.25) is 4.84 Å². The number of nitrogens with zero attached hydrogens (tertiary/aromatic N) is 3. The predicted molar refractivity (Wildman–Crippen MR) is 39.3 cm³/mol. The first-order chi connectivity index (χ1) is 5.22. The van der Waals surface area contributed by atoms with Gasteiger partial charge in [0.25, 0.3) is 5.95 Å². The Morgan fingerprint density at radius 1 is 1.18 bits per heavy atom. The van der Waals surface area contributed by atoms with Crippen LogP contribution in [0.5, 0.6) is 0 Å². The highest BCUT2D eigenvalue weighted by Gasteiger charge is 1.98. The van der Waals surface area contributed by atoms with Crippen molar-refractivity contribution in [1.29, 1.82) is 0 Å². The molecule has 0 bridgehead atoms. The first-order valence-electron chi connectivity index (χ1n) is 2.78. The quantitative estimate of drug-likeness (QED) is 0.471. The van der Waals surface area contributed by atoms with Crippen molar-refractivity contribution in [2.45, 2.75) is 0 Å². The molecule has 0 amide bonds. The lowest BCUT2D eigenvalue weighted by molar-refractivity contribution is 0.267. The third kappa shape index (κ3) is 1.90. The zero-order valence-corrected chi connectivity index (χ0v) is 5.90. The second kappa shape index (κ2) is 2.97. The molecule has 1 aromatic rings. The SMILES string of the molecule is CONc1nc(N)nc(N)n1. The Balaban J connectivity index is 2.89. The molecule has 1 heterocycles. The van der Waals surface area contributed by atoms with E-state index in [2.05, 4.69) is 25.3 Å². The standard InChI is InChI=1S/C4H8N6O/c1-11-10-4-8-2(5)7-3(6)9-4/h1H3,(H5,5,6,7,8,9,10). The molecule has 0 aliphatic rings. The number of nitrogen functional groups attached to an aromatic ring is 2. The zero-order chi connectivity index (χ0) is 8.27. The maximum Gasteiger partial charge on any atom is 0.253 e. The molecule has 0 radical (unpaired) electrons.